The van der Waals surface area contributed by atoms with Gasteiger partial charge in [0, 0.05) is 12.2 Å². The molecule has 7 nitrogen and oxygen atoms in total. The van der Waals surface area contributed by atoms with E-state index >= 15 is 0 Å². The first-order chi connectivity index (χ1) is 12.7. The van der Waals surface area contributed by atoms with Crippen LogP contribution in [0.1, 0.15) is 60.8 Å². The van der Waals surface area contributed by atoms with Crippen LogP contribution in [0.25, 0.3) is 0 Å². The van der Waals surface area contributed by atoms with Crippen molar-refractivity contribution in [2.75, 3.05) is 13.6 Å². The van der Waals surface area contributed by atoms with Gasteiger partial charge in [0.2, 0.25) is 0 Å². The molecule has 3 atom stereocenters. The third-order valence-corrected chi connectivity index (χ3v) is 3.18. The van der Waals surface area contributed by atoms with Crippen LogP contribution in [0.2, 0.25) is 0 Å². The van der Waals surface area contributed by atoms with E-state index in [2.05, 4.69) is 22.6 Å². The molecule has 0 fully saturated rings. The van der Waals surface area contributed by atoms with Crippen LogP contribution >= 0.6 is 0 Å². The summed E-state index contributed by atoms with van der Waals surface area (Å²) in [6.07, 6.45) is 5.05. The van der Waals surface area contributed by atoms with Crippen molar-refractivity contribution in [2.24, 2.45) is 0 Å². The molecule has 0 rings (SSSR count). The van der Waals surface area contributed by atoms with Crippen molar-refractivity contribution in [1.29, 1.82) is 0 Å². The molecule has 0 bridgehead atoms. The Kier molecular flexibility index (Phi) is 28.6. The summed E-state index contributed by atoms with van der Waals surface area (Å²) < 4.78 is 19.3. The quantitative estimate of drug-likeness (QED) is 0.206. The van der Waals surface area contributed by atoms with E-state index in [0.717, 1.165) is 31.4 Å². The summed E-state index contributed by atoms with van der Waals surface area (Å²) in [5.41, 5.74) is 0. The van der Waals surface area contributed by atoms with E-state index in [0.29, 0.717) is 0 Å². The minimum absolute atomic E-state index is 0. The van der Waals surface area contributed by atoms with Gasteiger partial charge in [-0.15, -0.1) is 0 Å². The average Bonchev–Trinajstić information content (AvgIpc) is 2.67. The molecular weight excluding hydrogens is 619 g/mol. The van der Waals surface area contributed by atoms with Gasteiger partial charge in [-0.2, -0.15) is 0 Å². The van der Waals surface area contributed by atoms with Gasteiger partial charge in [0.05, 0.1) is 18.3 Å². The second-order valence-electron chi connectivity index (χ2n) is 5.60. The minimum Gasteiger partial charge on any atom is -0.435 e. The Hall–Kier alpha value is -2.70. The fraction of sp³-hybridized carbons (Fsp3) is 0.700. The normalized spacial score (nSPS) is 12.2. The van der Waals surface area contributed by atoms with Crippen LogP contribution in [0, 0.1) is 0 Å². The monoisotopic (exact) mass is 657 g/mol. The Labute approximate surface area is 164 Å². The molecule has 0 spiro atoms. The number of ether oxygens (including phenoxy) is 4. The molecule has 0 radical (unpaired) electrons. The molecule has 0 aliphatic rings. The standard InChI is InChI=1S/2C8H14O3.C4H10O.Rf/c2*1-4-7(3)10-6-11-8(9)5-2;1-3-4(2)5;/h2*5,7H,2,4,6H2,1,3H3;4-5H,3H2,1-2H3;. The Morgan fingerprint density at radius 3 is 1.29 bits per heavy atom. The largest absolute Gasteiger partial charge is 0.435 e. The van der Waals surface area contributed by atoms with Gasteiger partial charge < -0.3 is 24.1 Å². The summed E-state index contributed by atoms with van der Waals surface area (Å²) in [5, 5.41) is 8.36. The smallest absolute Gasteiger partial charge is 0.332 e. The fourth-order valence-electron chi connectivity index (χ4n) is 0.770. The number of carbonyl (C=O) groups is 2. The van der Waals surface area contributed by atoms with Crippen LogP contribution in [0.5, 0.6) is 0 Å². The Morgan fingerprint density at radius 2 is 1.11 bits per heavy atom. The van der Waals surface area contributed by atoms with Crippen molar-refractivity contribution in [3.63, 3.8) is 0 Å². The van der Waals surface area contributed by atoms with Crippen LogP contribution in [-0.4, -0.2) is 48.9 Å². The van der Waals surface area contributed by atoms with Crippen molar-refractivity contribution in [3.8, 4) is 0 Å². The third kappa shape index (κ3) is 31.1. The summed E-state index contributed by atoms with van der Waals surface area (Å²) in [5.74, 6) is -0.901. The Morgan fingerprint density at radius 1 is 0.821 bits per heavy atom. The molecule has 0 saturated carbocycles. The first kappa shape index (κ1) is 32.9. The summed E-state index contributed by atoms with van der Waals surface area (Å²) in [6, 6.07) is 0. The van der Waals surface area contributed by atoms with Gasteiger partial charge in [-0.05, 0) is 40.0 Å². The van der Waals surface area contributed by atoms with Crippen LogP contribution in [0.3, 0.4) is 0 Å². The predicted octanol–water partition coefficient (Wildman–Crippen LogP) is 3.75. The van der Waals surface area contributed by atoms with Crippen molar-refractivity contribution < 1.29 is 33.6 Å². The molecule has 0 aromatic carbocycles. The van der Waals surface area contributed by atoms with Crippen LogP contribution in [0.4, 0.5) is 0 Å². The molecule has 3 unspecified atom stereocenters. The summed E-state index contributed by atoms with van der Waals surface area (Å²) in [7, 11) is 0. The first-order valence-electron chi connectivity index (χ1n) is 9.17. The first-order valence-corrected chi connectivity index (χ1v) is 9.17. The Balaban J connectivity index is -0.000000162. The van der Waals surface area contributed by atoms with E-state index in [-0.39, 0.29) is 31.9 Å². The van der Waals surface area contributed by atoms with E-state index in [1.165, 1.54) is 0 Å². The van der Waals surface area contributed by atoms with E-state index in [1.54, 1.807) is 6.92 Å². The topological polar surface area (TPSA) is 91.3 Å². The number of rotatable bonds is 11. The maximum Gasteiger partial charge on any atom is 0.332 e. The number of hydrogen-bond donors (Lipinski definition) is 1. The van der Waals surface area contributed by atoms with Gasteiger partial charge in [0.15, 0.2) is 13.6 Å². The maximum absolute atomic E-state index is 10.5. The zero-order chi connectivity index (χ0) is 21.7. The van der Waals surface area contributed by atoms with Gasteiger partial charge >= 0.3 is 11.9 Å². The number of esters is 2. The van der Waals surface area contributed by atoms with Gasteiger partial charge in [-0.3, -0.25) is 0 Å². The maximum atomic E-state index is 10.5. The van der Waals surface area contributed by atoms with Gasteiger partial charge in [-0.1, -0.05) is 33.9 Å². The molecule has 1 N–H and O–H groups in total. The average molecular weight is 658 g/mol. The number of aliphatic hydroxyl groups excluding tert-OH is 1. The van der Waals surface area contributed by atoms with Gasteiger partial charge in [-0.25, -0.2) is 9.59 Å². The van der Waals surface area contributed by atoms with Crippen molar-refractivity contribution >= 4 is 11.9 Å². The van der Waals surface area contributed by atoms with Crippen molar-refractivity contribution in [3.05, 3.63) is 25.3 Å². The van der Waals surface area contributed by atoms with Gasteiger partial charge in [0.25, 0.3) is 0 Å². The summed E-state index contributed by atoms with van der Waals surface area (Å²) >= 11 is 0. The molecule has 0 heterocycles. The van der Waals surface area contributed by atoms with Crippen molar-refractivity contribution in [1.82, 2.24) is 0 Å². The number of carbonyl (C=O) groups excluding carboxylic acids is 2. The van der Waals surface area contributed by atoms with Gasteiger partial charge in [0.1, 0.15) is 0 Å². The molecule has 28 heavy (non-hydrogen) atoms. The van der Waals surface area contributed by atoms with Crippen LogP contribution in [0.15, 0.2) is 25.3 Å². The molecule has 0 saturated heterocycles. The molecule has 0 aliphatic heterocycles. The van der Waals surface area contributed by atoms with E-state index in [4.69, 9.17) is 14.6 Å². The SMILES string of the molecule is C=CC(=O)OCOC(C)CC.C=CC(=O)OCOC(C)CC.CCC(C)O.[Rf]. The van der Waals surface area contributed by atoms with E-state index < -0.39 is 11.9 Å². The zero-order valence-electron chi connectivity index (χ0n) is 18.4. The Bertz CT molecular complexity index is 355. The molecular formula is C20H38O7Rf. The van der Waals surface area contributed by atoms with E-state index in [1.807, 2.05) is 34.6 Å². The number of hydrogen-bond acceptors (Lipinski definition) is 7. The molecule has 8 heteroatoms. The molecule has 162 valence electrons. The van der Waals surface area contributed by atoms with Crippen molar-refractivity contribution in [2.45, 2.75) is 79.1 Å². The molecule has 0 aromatic heterocycles. The molecule has 0 aliphatic carbocycles. The fourth-order valence-corrected chi connectivity index (χ4v) is 0.770. The number of aliphatic hydroxyl groups is 1. The summed E-state index contributed by atoms with van der Waals surface area (Å²) in [4.78, 5) is 20.9. The van der Waals surface area contributed by atoms with Crippen LogP contribution in [-0.2, 0) is 28.5 Å². The second kappa shape index (κ2) is 24.3. The van der Waals surface area contributed by atoms with E-state index in [9.17, 15) is 9.59 Å². The third-order valence-electron chi connectivity index (χ3n) is 3.18. The second-order valence-corrected chi connectivity index (χ2v) is 5.60. The zero-order valence-corrected chi connectivity index (χ0v) is 24.8. The van der Waals surface area contributed by atoms with Crippen LogP contribution < -0.4 is 0 Å². The summed E-state index contributed by atoms with van der Waals surface area (Å²) in [6.45, 7) is 18.1. The predicted molar refractivity (Wildman–Crippen MR) is 106 cm³/mol. The molecule has 0 aromatic rings. The minimum atomic E-state index is -0.451. The molecule has 0 amide bonds.